The summed E-state index contributed by atoms with van der Waals surface area (Å²) >= 11 is 1.82. The van der Waals surface area contributed by atoms with Crippen molar-refractivity contribution in [1.29, 1.82) is 0 Å². The van der Waals surface area contributed by atoms with E-state index in [4.69, 9.17) is 9.47 Å². The molecular weight excluding hydrogens is 148 g/mol. The van der Waals surface area contributed by atoms with Crippen LogP contribution >= 0.6 is 11.8 Å². The first-order valence-corrected chi connectivity index (χ1v) is 4.61. The average molecular weight is 164 g/mol. The minimum atomic E-state index is -0.0394. The van der Waals surface area contributed by atoms with Crippen LogP contribution < -0.4 is 0 Å². The fraction of sp³-hybridized carbons (Fsp3) is 1.00. The lowest BCUT2D eigenvalue weighted by atomic mass is 10.3. The molecule has 0 saturated heterocycles. The van der Waals surface area contributed by atoms with Crippen LogP contribution in [0.5, 0.6) is 0 Å². The van der Waals surface area contributed by atoms with Crippen molar-refractivity contribution in [3.8, 4) is 0 Å². The van der Waals surface area contributed by atoms with Crippen molar-refractivity contribution in [3.63, 3.8) is 0 Å². The summed E-state index contributed by atoms with van der Waals surface area (Å²) in [5.41, 5.74) is 0. The molecule has 62 valence electrons. The van der Waals surface area contributed by atoms with Crippen LogP contribution in [0, 0.1) is 0 Å². The molecule has 0 spiro atoms. The molecule has 0 rings (SSSR count). The Balaban J connectivity index is 3.41. The zero-order valence-electron chi connectivity index (χ0n) is 7.09. The Bertz CT molecular complexity index is 74.0. The first-order chi connectivity index (χ1) is 4.74. The van der Waals surface area contributed by atoms with E-state index >= 15 is 0 Å². The zero-order chi connectivity index (χ0) is 7.98. The average Bonchev–Trinajstić information content (AvgIpc) is 1.99. The van der Waals surface area contributed by atoms with E-state index in [1.54, 1.807) is 14.2 Å². The lowest BCUT2D eigenvalue weighted by molar-refractivity contribution is -0.105. The molecule has 0 amide bonds. The number of thioether (sulfide) groups is 1. The maximum Gasteiger partial charge on any atom is 0.157 e. The maximum atomic E-state index is 5.04. The Hall–Kier alpha value is 0.270. The second-order valence-corrected chi connectivity index (χ2v) is 3.46. The van der Waals surface area contributed by atoms with Gasteiger partial charge in [-0.1, -0.05) is 6.92 Å². The predicted molar refractivity (Wildman–Crippen MR) is 45.4 cm³/mol. The van der Waals surface area contributed by atoms with E-state index in [0.717, 1.165) is 6.42 Å². The van der Waals surface area contributed by atoms with Gasteiger partial charge in [-0.2, -0.15) is 11.8 Å². The lowest BCUT2D eigenvalue weighted by Crippen LogP contribution is -2.17. The summed E-state index contributed by atoms with van der Waals surface area (Å²) in [5, 5.41) is 0.602. The highest BCUT2D eigenvalue weighted by Gasteiger charge is 2.09. The number of hydrogen-bond acceptors (Lipinski definition) is 3. The van der Waals surface area contributed by atoms with Crippen molar-refractivity contribution in [2.24, 2.45) is 0 Å². The Morgan fingerprint density at radius 1 is 1.30 bits per heavy atom. The highest BCUT2D eigenvalue weighted by Crippen LogP contribution is 2.13. The molecule has 0 aromatic heterocycles. The molecule has 1 atom stereocenters. The van der Waals surface area contributed by atoms with Crippen molar-refractivity contribution < 1.29 is 9.47 Å². The quantitative estimate of drug-likeness (QED) is 0.577. The van der Waals surface area contributed by atoms with E-state index in [1.807, 2.05) is 11.8 Å². The van der Waals surface area contributed by atoms with Crippen LogP contribution in [0.4, 0.5) is 0 Å². The predicted octanol–water partition coefficient (Wildman–Crippen LogP) is 1.75. The second-order valence-electron chi connectivity index (χ2n) is 2.18. The largest absolute Gasteiger partial charge is 0.356 e. The van der Waals surface area contributed by atoms with E-state index in [9.17, 15) is 0 Å². The standard InChI is InChI=1S/C7H16O2S/c1-6(10-4)5-7(8-2)9-3/h6-7H,5H2,1-4H3/t6-/m0/s1. The van der Waals surface area contributed by atoms with Crippen molar-refractivity contribution in [2.75, 3.05) is 20.5 Å². The summed E-state index contributed by atoms with van der Waals surface area (Å²) in [6, 6.07) is 0. The topological polar surface area (TPSA) is 18.5 Å². The van der Waals surface area contributed by atoms with E-state index in [-0.39, 0.29) is 6.29 Å². The van der Waals surface area contributed by atoms with Gasteiger partial charge in [-0.3, -0.25) is 0 Å². The van der Waals surface area contributed by atoms with Crippen LogP contribution in [0.3, 0.4) is 0 Å². The number of ether oxygens (including phenoxy) is 2. The van der Waals surface area contributed by atoms with Gasteiger partial charge in [0.2, 0.25) is 0 Å². The van der Waals surface area contributed by atoms with Crippen molar-refractivity contribution in [3.05, 3.63) is 0 Å². The van der Waals surface area contributed by atoms with Crippen molar-refractivity contribution in [2.45, 2.75) is 24.9 Å². The van der Waals surface area contributed by atoms with Crippen molar-refractivity contribution >= 4 is 11.8 Å². The highest BCUT2D eigenvalue weighted by molar-refractivity contribution is 7.99. The van der Waals surface area contributed by atoms with Gasteiger partial charge in [0.15, 0.2) is 6.29 Å². The Labute approximate surface area is 67.3 Å². The van der Waals surface area contributed by atoms with Gasteiger partial charge in [-0.25, -0.2) is 0 Å². The van der Waals surface area contributed by atoms with E-state index in [0.29, 0.717) is 5.25 Å². The molecule has 0 aliphatic carbocycles. The Kier molecular flexibility index (Phi) is 6.17. The summed E-state index contributed by atoms with van der Waals surface area (Å²) in [4.78, 5) is 0. The molecular formula is C7H16O2S. The number of rotatable bonds is 5. The maximum absolute atomic E-state index is 5.04. The van der Waals surface area contributed by atoms with E-state index in [2.05, 4.69) is 13.2 Å². The fourth-order valence-corrected chi connectivity index (χ4v) is 1.01. The summed E-state index contributed by atoms with van der Waals surface area (Å²) < 4.78 is 10.1. The van der Waals surface area contributed by atoms with Crippen LogP contribution in [0.2, 0.25) is 0 Å². The minimum Gasteiger partial charge on any atom is -0.356 e. The molecule has 0 N–H and O–H groups in total. The molecule has 10 heavy (non-hydrogen) atoms. The fourth-order valence-electron chi connectivity index (χ4n) is 0.656. The molecule has 0 aromatic rings. The molecule has 2 nitrogen and oxygen atoms in total. The molecule has 3 heteroatoms. The molecule has 0 radical (unpaired) electrons. The normalized spacial score (nSPS) is 14.1. The van der Waals surface area contributed by atoms with Gasteiger partial charge in [0, 0.05) is 25.9 Å². The highest BCUT2D eigenvalue weighted by atomic mass is 32.2. The van der Waals surface area contributed by atoms with Crippen LogP contribution in [0.1, 0.15) is 13.3 Å². The summed E-state index contributed by atoms with van der Waals surface area (Å²) in [5.74, 6) is 0. The molecule has 0 bridgehead atoms. The van der Waals surface area contributed by atoms with Gasteiger partial charge in [0.25, 0.3) is 0 Å². The first-order valence-electron chi connectivity index (χ1n) is 3.33. The van der Waals surface area contributed by atoms with Gasteiger partial charge < -0.3 is 9.47 Å². The SMILES string of the molecule is COC(C[C@H](C)SC)OC. The molecule has 0 fully saturated rings. The molecule has 0 aliphatic rings. The van der Waals surface area contributed by atoms with Crippen molar-refractivity contribution in [1.82, 2.24) is 0 Å². The molecule has 0 aliphatic heterocycles. The molecule has 0 saturated carbocycles. The van der Waals surface area contributed by atoms with Crippen LogP contribution in [0.15, 0.2) is 0 Å². The third-order valence-corrected chi connectivity index (χ3v) is 2.45. The smallest absolute Gasteiger partial charge is 0.157 e. The molecule has 0 heterocycles. The summed E-state index contributed by atoms with van der Waals surface area (Å²) in [7, 11) is 3.34. The molecule has 0 unspecified atom stereocenters. The van der Waals surface area contributed by atoms with Gasteiger partial charge in [0.05, 0.1) is 0 Å². The first kappa shape index (κ1) is 10.3. The molecule has 0 aromatic carbocycles. The van der Waals surface area contributed by atoms with Gasteiger partial charge >= 0.3 is 0 Å². The summed E-state index contributed by atoms with van der Waals surface area (Å²) in [6.07, 6.45) is 3.00. The van der Waals surface area contributed by atoms with E-state index < -0.39 is 0 Å². The van der Waals surface area contributed by atoms with Gasteiger partial charge in [-0.15, -0.1) is 0 Å². The van der Waals surface area contributed by atoms with Crippen LogP contribution in [0.25, 0.3) is 0 Å². The van der Waals surface area contributed by atoms with Gasteiger partial charge in [-0.05, 0) is 6.26 Å². The third-order valence-electron chi connectivity index (χ3n) is 1.45. The lowest BCUT2D eigenvalue weighted by Gasteiger charge is -2.16. The second kappa shape index (κ2) is 6.01. The Morgan fingerprint density at radius 3 is 2.10 bits per heavy atom. The van der Waals surface area contributed by atoms with Crippen LogP contribution in [-0.4, -0.2) is 32.0 Å². The number of hydrogen-bond donors (Lipinski definition) is 0. The third kappa shape index (κ3) is 4.14. The zero-order valence-corrected chi connectivity index (χ0v) is 7.90. The Morgan fingerprint density at radius 2 is 1.80 bits per heavy atom. The number of methoxy groups -OCH3 is 2. The van der Waals surface area contributed by atoms with Crippen LogP contribution in [-0.2, 0) is 9.47 Å². The van der Waals surface area contributed by atoms with Gasteiger partial charge in [0.1, 0.15) is 0 Å². The van der Waals surface area contributed by atoms with E-state index in [1.165, 1.54) is 0 Å². The minimum absolute atomic E-state index is 0.0394. The summed E-state index contributed by atoms with van der Waals surface area (Å²) in [6.45, 7) is 2.16. The monoisotopic (exact) mass is 164 g/mol.